The normalized spacial score (nSPS) is 10.2. The van der Waals surface area contributed by atoms with E-state index in [9.17, 15) is 14.4 Å². The molecule has 22 heavy (non-hydrogen) atoms. The van der Waals surface area contributed by atoms with Crippen molar-refractivity contribution in [2.75, 3.05) is 13.2 Å². The molecule has 0 spiro atoms. The maximum absolute atomic E-state index is 11.7. The van der Waals surface area contributed by atoms with Crippen molar-refractivity contribution in [3.8, 4) is 0 Å². The van der Waals surface area contributed by atoms with E-state index >= 15 is 0 Å². The number of primary amides is 1. The first kappa shape index (κ1) is 15.5. The first-order valence-corrected chi connectivity index (χ1v) is 6.73. The van der Waals surface area contributed by atoms with Gasteiger partial charge < -0.3 is 15.8 Å². The first-order valence-electron chi connectivity index (χ1n) is 6.73. The maximum Gasteiger partial charge on any atom is 0.310 e. The van der Waals surface area contributed by atoms with Gasteiger partial charge in [0.15, 0.2) is 6.61 Å². The molecule has 2 aromatic carbocycles. The van der Waals surface area contributed by atoms with Crippen molar-refractivity contribution >= 4 is 28.6 Å². The Morgan fingerprint density at radius 2 is 1.77 bits per heavy atom. The number of amides is 2. The number of benzene rings is 2. The highest BCUT2D eigenvalue weighted by molar-refractivity contribution is 5.86. The van der Waals surface area contributed by atoms with E-state index in [1.165, 1.54) is 0 Å². The molecule has 0 bridgehead atoms. The lowest BCUT2D eigenvalue weighted by Gasteiger charge is -2.06. The van der Waals surface area contributed by atoms with Crippen LogP contribution in [0, 0.1) is 0 Å². The third-order valence-electron chi connectivity index (χ3n) is 2.99. The van der Waals surface area contributed by atoms with E-state index in [-0.39, 0.29) is 13.0 Å². The fraction of sp³-hybridized carbons (Fsp3) is 0.188. The van der Waals surface area contributed by atoms with Crippen molar-refractivity contribution < 1.29 is 19.1 Å². The predicted octanol–water partition coefficient (Wildman–Crippen LogP) is 0.527. The molecule has 0 aliphatic carbocycles. The quantitative estimate of drug-likeness (QED) is 0.760. The molecule has 0 aliphatic heterocycles. The lowest BCUT2D eigenvalue weighted by atomic mass is 10.1. The van der Waals surface area contributed by atoms with E-state index in [0.717, 1.165) is 16.3 Å². The Kier molecular flexibility index (Phi) is 5.08. The van der Waals surface area contributed by atoms with Crippen LogP contribution < -0.4 is 11.1 Å². The Labute approximate surface area is 127 Å². The van der Waals surface area contributed by atoms with Gasteiger partial charge >= 0.3 is 5.97 Å². The van der Waals surface area contributed by atoms with Gasteiger partial charge in [-0.25, -0.2) is 0 Å². The Hall–Kier alpha value is -2.89. The minimum Gasteiger partial charge on any atom is -0.455 e. The van der Waals surface area contributed by atoms with E-state index in [4.69, 9.17) is 10.5 Å². The van der Waals surface area contributed by atoms with E-state index in [2.05, 4.69) is 5.32 Å². The van der Waals surface area contributed by atoms with E-state index < -0.39 is 24.4 Å². The zero-order chi connectivity index (χ0) is 15.9. The molecule has 2 amide bonds. The average molecular weight is 300 g/mol. The summed E-state index contributed by atoms with van der Waals surface area (Å²) in [5.41, 5.74) is 5.69. The highest BCUT2D eigenvalue weighted by Gasteiger charge is 2.09. The van der Waals surface area contributed by atoms with Crippen LogP contribution in [0.2, 0.25) is 0 Å². The van der Waals surface area contributed by atoms with Crippen LogP contribution in [0.3, 0.4) is 0 Å². The van der Waals surface area contributed by atoms with Crippen molar-refractivity contribution in [1.29, 1.82) is 0 Å². The fourth-order valence-corrected chi connectivity index (χ4v) is 1.95. The zero-order valence-corrected chi connectivity index (χ0v) is 11.9. The van der Waals surface area contributed by atoms with Crippen molar-refractivity contribution in [3.63, 3.8) is 0 Å². The van der Waals surface area contributed by atoms with Gasteiger partial charge in [-0.05, 0) is 16.3 Å². The van der Waals surface area contributed by atoms with Crippen LogP contribution in [0.15, 0.2) is 42.5 Å². The van der Waals surface area contributed by atoms with Gasteiger partial charge in [-0.15, -0.1) is 0 Å². The first-order chi connectivity index (χ1) is 10.5. The summed E-state index contributed by atoms with van der Waals surface area (Å²) < 4.78 is 4.85. The highest BCUT2D eigenvalue weighted by atomic mass is 16.5. The molecule has 0 unspecified atom stereocenters. The van der Waals surface area contributed by atoms with Crippen LogP contribution in [-0.2, 0) is 25.5 Å². The number of rotatable bonds is 6. The Balaban J connectivity index is 1.85. The topological polar surface area (TPSA) is 98.5 Å². The largest absolute Gasteiger partial charge is 0.455 e. The number of carbonyl (C=O) groups excluding carboxylic acids is 3. The standard InChI is InChI=1S/C16H16N2O4/c17-14(19)9-18-15(20)10-22-16(21)8-11-5-6-12-3-1-2-4-13(12)7-11/h1-7H,8-10H2,(H2,17,19)(H,18,20). The molecule has 0 aromatic heterocycles. The number of hydrogen-bond donors (Lipinski definition) is 2. The molecule has 0 saturated carbocycles. The predicted molar refractivity (Wildman–Crippen MR) is 80.8 cm³/mol. The summed E-state index contributed by atoms with van der Waals surface area (Å²) in [5.74, 6) is -1.73. The van der Waals surface area contributed by atoms with Crippen LogP contribution in [0.5, 0.6) is 0 Å². The molecule has 6 nitrogen and oxygen atoms in total. The van der Waals surface area contributed by atoms with Gasteiger partial charge in [0.1, 0.15) is 0 Å². The van der Waals surface area contributed by atoms with Gasteiger partial charge in [-0.3, -0.25) is 14.4 Å². The monoisotopic (exact) mass is 300 g/mol. The van der Waals surface area contributed by atoms with E-state index in [0.29, 0.717) is 0 Å². The molecule has 0 fully saturated rings. The molecule has 2 aromatic rings. The van der Waals surface area contributed by atoms with Crippen LogP contribution in [0.1, 0.15) is 5.56 Å². The summed E-state index contributed by atoms with van der Waals surface area (Å²) >= 11 is 0. The van der Waals surface area contributed by atoms with E-state index in [1.54, 1.807) is 0 Å². The third kappa shape index (κ3) is 4.59. The Morgan fingerprint density at radius 3 is 2.50 bits per heavy atom. The number of nitrogens with one attached hydrogen (secondary N) is 1. The summed E-state index contributed by atoms with van der Waals surface area (Å²) in [6, 6.07) is 13.5. The molecule has 0 atom stereocenters. The number of nitrogens with two attached hydrogens (primary N) is 1. The summed E-state index contributed by atoms with van der Waals surface area (Å²) in [7, 11) is 0. The summed E-state index contributed by atoms with van der Waals surface area (Å²) in [6.07, 6.45) is 0.0773. The molecule has 0 radical (unpaired) electrons. The molecule has 2 rings (SSSR count). The highest BCUT2D eigenvalue weighted by Crippen LogP contribution is 2.16. The van der Waals surface area contributed by atoms with Crippen molar-refractivity contribution in [1.82, 2.24) is 5.32 Å². The summed E-state index contributed by atoms with van der Waals surface area (Å²) in [6.45, 7) is -0.708. The van der Waals surface area contributed by atoms with E-state index in [1.807, 2.05) is 42.5 Å². The van der Waals surface area contributed by atoms with Crippen LogP contribution in [-0.4, -0.2) is 30.9 Å². The number of fused-ring (bicyclic) bond motifs is 1. The number of esters is 1. The molecular formula is C16H16N2O4. The molecule has 0 aliphatic rings. The molecule has 6 heteroatoms. The fourth-order valence-electron chi connectivity index (χ4n) is 1.95. The van der Waals surface area contributed by atoms with Crippen molar-refractivity contribution in [2.45, 2.75) is 6.42 Å². The lowest BCUT2D eigenvalue weighted by molar-refractivity contribution is -0.147. The second-order valence-corrected chi connectivity index (χ2v) is 4.76. The lowest BCUT2D eigenvalue weighted by Crippen LogP contribution is -2.36. The molecular weight excluding hydrogens is 284 g/mol. The van der Waals surface area contributed by atoms with Gasteiger partial charge in [0.25, 0.3) is 5.91 Å². The third-order valence-corrected chi connectivity index (χ3v) is 2.99. The van der Waals surface area contributed by atoms with Gasteiger partial charge in [0.2, 0.25) is 5.91 Å². The average Bonchev–Trinajstić information content (AvgIpc) is 2.50. The SMILES string of the molecule is NC(=O)CNC(=O)COC(=O)Cc1ccc2ccccc2c1. The Bertz CT molecular complexity index is 712. The van der Waals surface area contributed by atoms with Crippen molar-refractivity contribution in [3.05, 3.63) is 48.0 Å². The van der Waals surface area contributed by atoms with Crippen LogP contribution >= 0.6 is 0 Å². The minimum atomic E-state index is -0.657. The number of ether oxygens (including phenoxy) is 1. The molecule has 0 saturated heterocycles. The molecule has 3 N–H and O–H groups in total. The number of hydrogen-bond acceptors (Lipinski definition) is 4. The summed E-state index contributed by atoms with van der Waals surface area (Å²) in [4.78, 5) is 33.5. The van der Waals surface area contributed by atoms with Gasteiger partial charge in [0, 0.05) is 0 Å². The smallest absolute Gasteiger partial charge is 0.310 e. The van der Waals surface area contributed by atoms with Crippen LogP contribution in [0.25, 0.3) is 10.8 Å². The molecule has 114 valence electrons. The van der Waals surface area contributed by atoms with Crippen LogP contribution in [0.4, 0.5) is 0 Å². The van der Waals surface area contributed by atoms with Crippen molar-refractivity contribution in [2.24, 2.45) is 5.73 Å². The minimum absolute atomic E-state index is 0.0773. The number of carbonyl (C=O) groups is 3. The molecule has 0 heterocycles. The van der Waals surface area contributed by atoms with Gasteiger partial charge in [-0.1, -0.05) is 42.5 Å². The second-order valence-electron chi connectivity index (χ2n) is 4.76. The maximum atomic E-state index is 11.7. The summed E-state index contributed by atoms with van der Waals surface area (Å²) in [5, 5.41) is 4.36. The zero-order valence-electron chi connectivity index (χ0n) is 11.9. The van der Waals surface area contributed by atoms with Gasteiger partial charge in [-0.2, -0.15) is 0 Å². The second kappa shape index (κ2) is 7.21. The van der Waals surface area contributed by atoms with Gasteiger partial charge in [0.05, 0.1) is 13.0 Å². The Morgan fingerprint density at radius 1 is 1.05 bits per heavy atom.